The Morgan fingerprint density at radius 2 is 1.83 bits per heavy atom. The van der Waals surface area contributed by atoms with Crippen molar-refractivity contribution in [2.75, 3.05) is 31.1 Å². The van der Waals surface area contributed by atoms with E-state index in [0.717, 1.165) is 23.8 Å². The first-order valence-electron chi connectivity index (χ1n) is 7.58. The first-order chi connectivity index (χ1) is 11.8. The second-order valence-electron chi connectivity index (χ2n) is 5.35. The number of hydrogen-bond donors (Lipinski definition) is 0. The Morgan fingerprint density at radius 1 is 1.04 bits per heavy atom. The van der Waals surface area contributed by atoms with E-state index in [9.17, 15) is 4.79 Å². The van der Waals surface area contributed by atoms with Crippen LogP contribution < -0.4 is 4.90 Å². The molecule has 1 aliphatic heterocycles. The van der Waals surface area contributed by atoms with Crippen LogP contribution in [-0.2, 0) is 0 Å². The lowest BCUT2D eigenvalue weighted by atomic mass is 10.3. The third-order valence-electron chi connectivity index (χ3n) is 3.91. The molecule has 3 aromatic rings. The molecule has 1 aliphatic rings. The van der Waals surface area contributed by atoms with Gasteiger partial charge in [0.05, 0.1) is 4.88 Å². The molecule has 4 rings (SSSR count). The van der Waals surface area contributed by atoms with Gasteiger partial charge in [-0.15, -0.1) is 21.5 Å². The van der Waals surface area contributed by atoms with Crippen LogP contribution >= 0.6 is 11.3 Å². The summed E-state index contributed by atoms with van der Waals surface area (Å²) in [5.74, 6) is 1.54. The Labute approximate surface area is 142 Å². The lowest BCUT2D eigenvalue weighted by Gasteiger charge is -2.35. The van der Waals surface area contributed by atoms with Crippen LogP contribution in [-0.4, -0.2) is 61.9 Å². The minimum atomic E-state index is 0.109. The van der Waals surface area contributed by atoms with Crippen LogP contribution in [0.2, 0.25) is 0 Å². The van der Waals surface area contributed by atoms with Crippen molar-refractivity contribution in [3.63, 3.8) is 0 Å². The van der Waals surface area contributed by atoms with Crippen LogP contribution in [0.5, 0.6) is 0 Å². The van der Waals surface area contributed by atoms with Crippen LogP contribution in [0.4, 0.5) is 5.82 Å². The number of piperazine rings is 1. The van der Waals surface area contributed by atoms with Crippen molar-refractivity contribution in [1.29, 1.82) is 0 Å². The van der Waals surface area contributed by atoms with Gasteiger partial charge in [-0.3, -0.25) is 4.79 Å². The largest absolute Gasteiger partial charge is 0.352 e. The molecule has 0 aliphatic carbocycles. The minimum Gasteiger partial charge on any atom is -0.352 e. The first-order valence-corrected chi connectivity index (χ1v) is 8.46. The van der Waals surface area contributed by atoms with Gasteiger partial charge in [-0.1, -0.05) is 6.07 Å². The third-order valence-corrected chi connectivity index (χ3v) is 4.77. The fourth-order valence-corrected chi connectivity index (χ4v) is 3.32. The third kappa shape index (κ3) is 2.85. The predicted molar refractivity (Wildman–Crippen MR) is 89.4 cm³/mol. The summed E-state index contributed by atoms with van der Waals surface area (Å²) in [5, 5.41) is 14.4. The molecule has 0 atom stereocenters. The van der Waals surface area contributed by atoms with Gasteiger partial charge in [0.1, 0.15) is 12.7 Å². The molecular formula is C15H15N7OS. The molecule has 122 valence electrons. The molecule has 1 saturated heterocycles. The molecule has 8 nitrogen and oxygen atoms in total. The van der Waals surface area contributed by atoms with Crippen LogP contribution in [0.1, 0.15) is 9.67 Å². The van der Waals surface area contributed by atoms with Gasteiger partial charge in [-0.05, 0) is 23.6 Å². The van der Waals surface area contributed by atoms with Gasteiger partial charge >= 0.3 is 0 Å². The van der Waals surface area contributed by atoms with Gasteiger partial charge in [0.25, 0.3) is 5.91 Å². The van der Waals surface area contributed by atoms with E-state index >= 15 is 0 Å². The number of rotatable bonds is 3. The summed E-state index contributed by atoms with van der Waals surface area (Å²) >= 11 is 1.48. The highest BCUT2D eigenvalue weighted by Gasteiger charge is 2.23. The van der Waals surface area contributed by atoms with E-state index in [1.807, 2.05) is 34.5 Å². The van der Waals surface area contributed by atoms with Crippen molar-refractivity contribution in [2.24, 2.45) is 0 Å². The summed E-state index contributed by atoms with van der Waals surface area (Å²) in [6.45, 7) is 2.86. The molecule has 3 aromatic heterocycles. The number of thiophene rings is 1. The molecule has 0 saturated carbocycles. The van der Waals surface area contributed by atoms with E-state index in [4.69, 9.17) is 0 Å². The maximum Gasteiger partial charge on any atom is 0.264 e. The van der Waals surface area contributed by atoms with Gasteiger partial charge in [0.2, 0.25) is 0 Å². The molecule has 0 N–H and O–H groups in total. The van der Waals surface area contributed by atoms with Crippen molar-refractivity contribution in [1.82, 2.24) is 29.9 Å². The van der Waals surface area contributed by atoms with E-state index in [-0.39, 0.29) is 5.91 Å². The molecule has 0 bridgehead atoms. The van der Waals surface area contributed by atoms with Crippen molar-refractivity contribution in [2.45, 2.75) is 0 Å². The maximum atomic E-state index is 12.4. The van der Waals surface area contributed by atoms with Crippen LogP contribution in [0.25, 0.3) is 5.82 Å². The number of nitrogens with zero attached hydrogens (tertiary/aromatic N) is 7. The maximum absolute atomic E-state index is 12.4. The zero-order valence-corrected chi connectivity index (χ0v) is 13.6. The molecule has 0 unspecified atom stereocenters. The highest BCUT2D eigenvalue weighted by atomic mass is 32.1. The first kappa shape index (κ1) is 14.8. The molecule has 0 aromatic carbocycles. The van der Waals surface area contributed by atoms with E-state index in [2.05, 4.69) is 25.2 Å². The number of amides is 1. The number of carbonyl (C=O) groups excluding carboxylic acids is 1. The summed E-state index contributed by atoms with van der Waals surface area (Å²) in [6.07, 6.45) is 3.04. The van der Waals surface area contributed by atoms with E-state index in [1.165, 1.54) is 17.7 Å². The number of hydrogen-bond acceptors (Lipinski definition) is 7. The monoisotopic (exact) mass is 341 g/mol. The molecule has 1 amide bonds. The molecule has 0 radical (unpaired) electrons. The second-order valence-corrected chi connectivity index (χ2v) is 6.29. The normalized spacial score (nSPS) is 14.8. The average Bonchev–Trinajstić information content (AvgIpc) is 3.35. The molecule has 24 heavy (non-hydrogen) atoms. The van der Waals surface area contributed by atoms with Gasteiger partial charge < -0.3 is 9.80 Å². The minimum absolute atomic E-state index is 0.109. The second kappa shape index (κ2) is 6.36. The Morgan fingerprint density at radius 3 is 2.46 bits per heavy atom. The SMILES string of the molecule is O=C(c1cccs1)N1CCN(c2ccc(-n3cncn3)nn2)CC1. The topological polar surface area (TPSA) is 80.0 Å². The highest BCUT2D eigenvalue weighted by molar-refractivity contribution is 7.12. The quantitative estimate of drug-likeness (QED) is 0.709. The van der Waals surface area contributed by atoms with Gasteiger partial charge in [-0.2, -0.15) is 5.10 Å². The Hall–Kier alpha value is -2.81. The fraction of sp³-hybridized carbons (Fsp3) is 0.267. The van der Waals surface area contributed by atoms with Gasteiger partial charge in [0, 0.05) is 26.2 Å². The van der Waals surface area contributed by atoms with Crippen molar-refractivity contribution in [3.05, 3.63) is 47.2 Å². The lowest BCUT2D eigenvalue weighted by Crippen LogP contribution is -2.49. The zero-order chi connectivity index (χ0) is 16.4. The summed E-state index contributed by atoms with van der Waals surface area (Å²) in [6, 6.07) is 7.55. The van der Waals surface area contributed by atoms with Gasteiger partial charge in [0.15, 0.2) is 11.6 Å². The summed E-state index contributed by atoms with van der Waals surface area (Å²) < 4.78 is 1.56. The van der Waals surface area contributed by atoms with Crippen molar-refractivity contribution in [3.8, 4) is 5.82 Å². The van der Waals surface area contributed by atoms with Gasteiger partial charge in [-0.25, -0.2) is 9.67 Å². The summed E-state index contributed by atoms with van der Waals surface area (Å²) in [7, 11) is 0. The Bertz CT molecular complexity index is 793. The zero-order valence-electron chi connectivity index (χ0n) is 12.8. The number of carbonyl (C=O) groups is 1. The standard InChI is InChI=1S/C15H15N7OS/c23-15(12-2-1-9-24-12)21-7-5-20(6-8-21)13-3-4-14(19-18-13)22-11-16-10-17-22/h1-4,9-11H,5-8H2. The Balaban J connectivity index is 1.40. The average molecular weight is 341 g/mol. The lowest BCUT2D eigenvalue weighted by molar-refractivity contribution is 0.0751. The number of aromatic nitrogens is 5. The Kier molecular flexibility index (Phi) is 3.91. The van der Waals surface area contributed by atoms with Crippen molar-refractivity contribution < 1.29 is 4.79 Å². The molecule has 9 heteroatoms. The summed E-state index contributed by atoms with van der Waals surface area (Å²) in [4.78, 5) is 21.1. The van der Waals surface area contributed by atoms with Crippen molar-refractivity contribution >= 4 is 23.1 Å². The molecule has 0 spiro atoms. The van der Waals surface area contributed by atoms with E-state index in [1.54, 1.807) is 11.0 Å². The fourth-order valence-electron chi connectivity index (χ4n) is 2.63. The number of anilines is 1. The van der Waals surface area contributed by atoms with Crippen LogP contribution in [0, 0.1) is 0 Å². The smallest absolute Gasteiger partial charge is 0.264 e. The van der Waals surface area contributed by atoms with Crippen LogP contribution in [0.15, 0.2) is 42.3 Å². The molecular weight excluding hydrogens is 326 g/mol. The predicted octanol–water partition coefficient (Wildman–Crippen LogP) is 1.08. The molecule has 4 heterocycles. The molecule has 1 fully saturated rings. The highest BCUT2D eigenvalue weighted by Crippen LogP contribution is 2.17. The van der Waals surface area contributed by atoms with E-state index in [0.29, 0.717) is 18.9 Å². The van der Waals surface area contributed by atoms with Crippen LogP contribution in [0.3, 0.4) is 0 Å². The van der Waals surface area contributed by atoms with E-state index < -0.39 is 0 Å². The summed E-state index contributed by atoms with van der Waals surface area (Å²) in [5.41, 5.74) is 0.